The summed E-state index contributed by atoms with van der Waals surface area (Å²) in [5.41, 5.74) is 5.25. The molecule has 24 heavy (non-hydrogen) atoms. The van der Waals surface area contributed by atoms with Crippen molar-refractivity contribution in [3.05, 3.63) is 30.0 Å². The fourth-order valence-electron chi connectivity index (χ4n) is 2.67. The number of aryl methyl sites for hydroxylation is 1. The third kappa shape index (κ3) is 4.61. The van der Waals surface area contributed by atoms with Gasteiger partial charge in [-0.25, -0.2) is 0 Å². The van der Waals surface area contributed by atoms with Crippen LogP contribution in [0.1, 0.15) is 37.3 Å². The van der Waals surface area contributed by atoms with Crippen LogP contribution in [0.15, 0.2) is 28.0 Å². The number of furan rings is 1. The Labute approximate surface area is 144 Å². The lowest BCUT2D eigenvalue weighted by Crippen LogP contribution is -2.21. The number of nitrogens with two attached hydrogens (primary N) is 1. The molecule has 130 valence electrons. The summed E-state index contributed by atoms with van der Waals surface area (Å²) in [5.74, 6) is 2.09. The van der Waals surface area contributed by atoms with E-state index in [1.807, 2.05) is 16.7 Å². The molecule has 3 heterocycles. The second-order valence-corrected chi connectivity index (χ2v) is 6.82. The van der Waals surface area contributed by atoms with E-state index < -0.39 is 0 Å². The number of ether oxygens (including phenoxy) is 1. The SMILES string of the molecule is NC(=O)CCc1nnc(SCC2CCCCO2)n1Cc1ccco1. The normalized spacial score (nSPS) is 17.9. The Balaban J connectivity index is 1.70. The highest BCUT2D eigenvalue weighted by Crippen LogP contribution is 2.24. The lowest BCUT2D eigenvalue weighted by atomic mass is 10.1. The smallest absolute Gasteiger partial charge is 0.217 e. The molecule has 1 atom stereocenters. The summed E-state index contributed by atoms with van der Waals surface area (Å²) < 4.78 is 13.2. The minimum absolute atomic E-state index is 0.257. The number of rotatable bonds is 8. The second-order valence-electron chi connectivity index (χ2n) is 5.83. The van der Waals surface area contributed by atoms with E-state index in [1.165, 1.54) is 6.42 Å². The number of thioether (sulfide) groups is 1. The van der Waals surface area contributed by atoms with Crippen LogP contribution < -0.4 is 5.73 Å². The van der Waals surface area contributed by atoms with E-state index in [-0.39, 0.29) is 18.4 Å². The first-order chi connectivity index (χ1) is 11.7. The van der Waals surface area contributed by atoms with Crippen LogP contribution in [0.25, 0.3) is 0 Å². The molecule has 1 aliphatic rings. The summed E-state index contributed by atoms with van der Waals surface area (Å²) >= 11 is 1.64. The molecule has 2 aromatic rings. The molecule has 1 amide bonds. The number of amides is 1. The topological polar surface area (TPSA) is 96.2 Å². The van der Waals surface area contributed by atoms with Gasteiger partial charge in [0, 0.05) is 25.2 Å². The Morgan fingerprint density at radius 3 is 3.04 bits per heavy atom. The van der Waals surface area contributed by atoms with Crippen molar-refractivity contribution >= 4 is 17.7 Å². The van der Waals surface area contributed by atoms with Gasteiger partial charge in [0.25, 0.3) is 0 Å². The zero-order valence-electron chi connectivity index (χ0n) is 13.5. The van der Waals surface area contributed by atoms with E-state index >= 15 is 0 Å². The van der Waals surface area contributed by atoms with Crippen LogP contribution in [0.2, 0.25) is 0 Å². The summed E-state index contributed by atoms with van der Waals surface area (Å²) in [5, 5.41) is 9.34. The van der Waals surface area contributed by atoms with Gasteiger partial charge in [0.1, 0.15) is 11.6 Å². The van der Waals surface area contributed by atoms with Gasteiger partial charge in [0.05, 0.1) is 18.9 Å². The molecule has 1 aliphatic heterocycles. The number of hydrogen-bond acceptors (Lipinski definition) is 6. The first-order valence-corrected chi connectivity index (χ1v) is 9.18. The van der Waals surface area contributed by atoms with Crippen LogP contribution in [0, 0.1) is 0 Å². The van der Waals surface area contributed by atoms with E-state index in [0.29, 0.717) is 13.0 Å². The van der Waals surface area contributed by atoms with Gasteiger partial charge < -0.3 is 14.9 Å². The van der Waals surface area contributed by atoms with Crippen molar-refractivity contribution in [2.45, 2.75) is 49.9 Å². The maximum absolute atomic E-state index is 11.1. The molecule has 2 aromatic heterocycles. The van der Waals surface area contributed by atoms with Crippen molar-refractivity contribution in [3.63, 3.8) is 0 Å². The molecule has 7 nitrogen and oxygen atoms in total. The fraction of sp³-hybridized carbons (Fsp3) is 0.562. The zero-order valence-corrected chi connectivity index (χ0v) is 14.3. The Kier molecular flexibility index (Phi) is 5.92. The van der Waals surface area contributed by atoms with Crippen LogP contribution in [0.4, 0.5) is 0 Å². The summed E-state index contributed by atoms with van der Waals surface area (Å²) in [6, 6.07) is 3.77. The molecule has 0 aliphatic carbocycles. The van der Waals surface area contributed by atoms with Gasteiger partial charge in [-0.05, 0) is 31.4 Å². The van der Waals surface area contributed by atoms with E-state index in [2.05, 4.69) is 10.2 Å². The maximum Gasteiger partial charge on any atom is 0.217 e. The Hall–Kier alpha value is -1.80. The number of primary amides is 1. The predicted octanol–water partition coefficient (Wildman–Crippen LogP) is 2.00. The molecule has 1 unspecified atom stereocenters. The van der Waals surface area contributed by atoms with E-state index in [0.717, 1.165) is 41.9 Å². The Morgan fingerprint density at radius 1 is 1.42 bits per heavy atom. The average molecular weight is 350 g/mol. The lowest BCUT2D eigenvalue weighted by molar-refractivity contribution is -0.118. The zero-order chi connectivity index (χ0) is 16.8. The summed E-state index contributed by atoms with van der Waals surface area (Å²) in [6.07, 6.45) is 6.10. The maximum atomic E-state index is 11.1. The first kappa shape index (κ1) is 17.0. The second kappa shape index (κ2) is 8.34. The van der Waals surface area contributed by atoms with Crippen molar-refractivity contribution in [2.75, 3.05) is 12.4 Å². The summed E-state index contributed by atoms with van der Waals surface area (Å²) in [6.45, 7) is 1.39. The van der Waals surface area contributed by atoms with Crippen molar-refractivity contribution in [1.82, 2.24) is 14.8 Å². The molecule has 0 bridgehead atoms. The largest absolute Gasteiger partial charge is 0.467 e. The third-order valence-corrected chi connectivity index (χ3v) is 5.05. The van der Waals surface area contributed by atoms with Gasteiger partial charge in [-0.15, -0.1) is 10.2 Å². The molecule has 1 saturated heterocycles. The number of carbonyl (C=O) groups excluding carboxylic acids is 1. The number of nitrogens with zero attached hydrogens (tertiary/aromatic N) is 3. The Morgan fingerprint density at radius 2 is 2.33 bits per heavy atom. The standard InChI is InChI=1S/C16H22N4O3S/c17-14(21)6-7-15-18-19-16(20(15)10-12-5-3-9-22-12)24-11-13-4-1-2-8-23-13/h3,5,9,13H,1-2,4,6-8,10-11H2,(H2,17,21). The molecule has 2 N–H and O–H groups in total. The number of aromatic nitrogens is 3. The third-order valence-electron chi connectivity index (χ3n) is 3.95. The number of carbonyl (C=O) groups is 1. The predicted molar refractivity (Wildman–Crippen MR) is 89.7 cm³/mol. The van der Waals surface area contributed by atoms with Crippen LogP contribution >= 0.6 is 11.8 Å². The van der Waals surface area contributed by atoms with Gasteiger partial charge in [0.15, 0.2) is 5.16 Å². The van der Waals surface area contributed by atoms with Gasteiger partial charge in [-0.2, -0.15) is 0 Å². The van der Waals surface area contributed by atoms with Gasteiger partial charge in [-0.3, -0.25) is 9.36 Å². The quantitative estimate of drug-likeness (QED) is 0.732. The van der Waals surface area contributed by atoms with Crippen molar-refractivity contribution in [1.29, 1.82) is 0 Å². The average Bonchev–Trinajstić information content (AvgIpc) is 3.23. The van der Waals surface area contributed by atoms with Gasteiger partial charge in [-0.1, -0.05) is 11.8 Å². The molecular formula is C16H22N4O3S. The molecule has 1 fully saturated rings. The molecule has 0 aromatic carbocycles. The van der Waals surface area contributed by atoms with E-state index in [4.69, 9.17) is 14.9 Å². The monoisotopic (exact) mass is 350 g/mol. The number of hydrogen-bond donors (Lipinski definition) is 1. The fourth-order valence-corrected chi connectivity index (χ4v) is 3.69. The van der Waals surface area contributed by atoms with Crippen LogP contribution in [0.5, 0.6) is 0 Å². The summed E-state index contributed by atoms with van der Waals surface area (Å²) in [7, 11) is 0. The molecule has 0 saturated carbocycles. The molecule has 8 heteroatoms. The van der Waals surface area contributed by atoms with Crippen molar-refractivity contribution < 1.29 is 13.9 Å². The Bertz CT molecular complexity index is 650. The first-order valence-electron chi connectivity index (χ1n) is 8.19. The summed E-state index contributed by atoms with van der Waals surface area (Å²) in [4.78, 5) is 11.1. The van der Waals surface area contributed by atoms with Gasteiger partial charge >= 0.3 is 0 Å². The molecular weight excluding hydrogens is 328 g/mol. The lowest BCUT2D eigenvalue weighted by Gasteiger charge is -2.21. The minimum atomic E-state index is -0.340. The van der Waals surface area contributed by atoms with Crippen molar-refractivity contribution in [2.24, 2.45) is 5.73 Å². The van der Waals surface area contributed by atoms with Crippen LogP contribution in [0.3, 0.4) is 0 Å². The van der Waals surface area contributed by atoms with E-state index in [9.17, 15) is 4.79 Å². The molecule has 0 spiro atoms. The minimum Gasteiger partial charge on any atom is -0.467 e. The van der Waals surface area contributed by atoms with Crippen LogP contribution in [-0.2, 0) is 22.5 Å². The van der Waals surface area contributed by atoms with E-state index in [1.54, 1.807) is 18.0 Å². The highest BCUT2D eigenvalue weighted by molar-refractivity contribution is 7.99. The molecule has 3 rings (SSSR count). The van der Waals surface area contributed by atoms with Crippen molar-refractivity contribution in [3.8, 4) is 0 Å². The highest BCUT2D eigenvalue weighted by atomic mass is 32.2. The van der Waals surface area contributed by atoms with Crippen LogP contribution in [-0.4, -0.2) is 39.1 Å². The van der Waals surface area contributed by atoms with Gasteiger partial charge in [0.2, 0.25) is 5.91 Å². The highest BCUT2D eigenvalue weighted by Gasteiger charge is 2.19. The molecule has 0 radical (unpaired) electrons.